The van der Waals surface area contributed by atoms with Gasteiger partial charge < -0.3 is 24.0 Å². The van der Waals surface area contributed by atoms with Crippen LogP contribution in [0.25, 0.3) is 16.5 Å². The fourth-order valence-electron chi connectivity index (χ4n) is 4.94. The van der Waals surface area contributed by atoms with E-state index in [4.69, 9.17) is 14.2 Å². The number of quaternary nitrogens is 1. The number of nitrogens with one attached hydrogen (secondary N) is 1. The highest BCUT2D eigenvalue weighted by Crippen LogP contribution is 2.32. The Kier molecular flexibility index (Phi) is 5.97. The zero-order valence-corrected chi connectivity index (χ0v) is 20.5. The molecule has 0 bridgehead atoms. The van der Waals surface area contributed by atoms with Crippen LogP contribution in [0.3, 0.4) is 0 Å². The van der Waals surface area contributed by atoms with E-state index >= 15 is 0 Å². The Labute approximate surface area is 213 Å². The lowest BCUT2D eigenvalue weighted by Gasteiger charge is -2.32. The molecule has 1 aromatic heterocycles. The first-order valence-corrected chi connectivity index (χ1v) is 12.3. The Bertz CT molecular complexity index is 1520. The average Bonchev–Trinajstić information content (AvgIpc) is 3.42. The summed E-state index contributed by atoms with van der Waals surface area (Å²) in [7, 11) is 1.59. The Balaban J connectivity index is 1.23. The summed E-state index contributed by atoms with van der Waals surface area (Å²) in [5, 5.41) is 5.59. The molecule has 1 N–H and O–H groups in total. The molecule has 2 aliphatic heterocycles. The summed E-state index contributed by atoms with van der Waals surface area (Å²) in [6, 6.07) is 20.3. The van der Waals surface area contributed by atoms with E-state index in [1.54, 1.807) is 49.6 Å². The molecule has 3 heterocycles. The molecule has 188 valence electrons. The van der Waals surface area contributed by atoms with Gasteiger partial charge in [0.05, 0.1) is 44.4 Å². The fraction of sp³-hybridized carbons (Fsp3) is 0.250. The highest BCUT2D eigenvalue weighted by Gasteiger charge is 2.28. The van der Waals surface area contributed by atoms with E-state index in [0.717, 1.165) is 31.1 Å². The van der Waals surface area contributed by atoms with E-state index in [-0.39, 0.29) is 24.0 Å². The quantitative estimate of drug-likeness (QED) is 0.450. The van der Waals surface area contributed by atoms with Crippen LogP contribution in [0.2, 0.25) is 0 Å². The van der Waals surface area contributed by atoms with E-state index in [1.165, 1.54) is 15.1 Å². The maximum Gasteiger partial charge on any atom is 0.279 e. The molecule has 1 amide bonds. The van der Waals surface area contributed by atoms with Gasteiger partial charge in [0.25, 0.3) is 11.5 Å². The highest BCUT2D eigenvalue weighted by atomic mass is 16.7. The maximum absolute atomic E-state index is 13.7. The number of hydrogen-bond acceptors (Lipinski definition) is 6. The van der Waals surface area contributed by atoms with Gasteiger partial charge >= 0.3 is 0 Å². The molecule has 2 aliphatic rings. The summed E-state index contributed by atoms with van der Waals surface area (Å²) in [5.41, 5.74) is 1.77. The van der Waals surface area contributed by atoms with Crippen molar-refractivity contribution in [2.45, 2.75) is 6.54 Å². The summed E-state index contributed by atoms with van der Waals surface area (Å²) in [4.78, 5) is 30.2. The molecule has 1 saturated heterocycles. The van der Waals surface area contributed by atoms with Gasteiger partial charge in [-0.05, 0) is 48.5 Å². The smallest absolute Gasteiger partial charge is 0.279 e. The second-order valence-corrected chi connectivity index (χ2v) is 9.22. The summed E-state index contributed by atoms with van der Waals surface area (Å²) >= 11 is 0. The molecule has 0 atom stereocenters. The molecular weight excluding hydrogens is 472 g/mol. The number of ether oxygens (including phenoxy) is 3. The number of methoxy groups -OCH3 is 1. The van der Waals surface area contributed by atoms with E-state index in [1.807, 2.05) is 23.1 Å². The molecule has 9 heteroatoms. The third kappa shape index (κ3) is 4.38. The number of aromatic nitrogens is 2. The fourth-order valence-corrected chi connectivity index (χ4v) is 4.94. The van der Waals surface area contributed by atoms with Crippen molar-refractivity contribution in [2.75, 3.05) is 40.1 Å². The summed E-state index contributed by atoms with van der Waals surface area (Å²) in [5.74, 6) is 2.08. The van der Waals surface area contributed by atoms with Gasteiger partial charge in [-0.15, -0.1) is 0 Å². The summed E-state index contributed by atoms with van der Waals surface area (Å²) in [6.07, 6.45) is 0. The van der Waals surface area contributed by atoms with Crippen molar-refractivity contribution in [3.05, 3.63) is 88.3 Å². The van der Waals surface area contributed by atoms with Crippen LogP contribution in [0.4, 0.5) is 0 Å². The minimum atomic E-state index is -0.268. The van der Waals surface area contributed by atoms with Crippen LogP contribution in [0.15, 0.2) is 71.5 Å². The molecular formula is C28H27N4O5+. The Hall–Kier alpha value is -4.37. The number of rotatable bonds is 5. The zero-order chi connectivity index (χ0) is 25.4. The van der Waals surface area contributed by atoms with Crippen LogP contribution in [-0.2, 0) is 6.54 Å². The van der Waals surface area contributed by atoms with E-state index in [0.29, 0.717) is 35.3 Å². The molecule has 0 spiro atoms. The van der Waals surface area contributed by atoms with Crippen LogP contribution in [0, 0.1) is 0 Å². The van der Waals surface area contributed by atoms with Gasteiger partial charge in [0, 0.05) is 10.9 Å². The lowest BCUT2D eigenvalue weighted by molar-refractivity contribution is -0.917. The first kappa shape index (κ1) is 23.1. The Morgan fingerprint density at radius 2 is 1.70 bits per heavy atom. The first-order chi connectivity index (χ1) is 18.1. The van der Waals surface area contributed by atoms with Crippen molar-refractivity contribution in [2.24, 2.45) is 0 Å². The van der Waals surface area contributed by atoms with Crippen molar-refractivity contribution in [3.63, 3.8) is 0 Å². The standard InChI is InChI=1S/C28H26N4O5/c1-35-21-9-7-20(8-10-21)32-27(33)23-5-3-2-4-22(23)26(29-32)28(34)31-14-12-30(13-15-31)17-19-6-11-24-25(16-19)37-18-36-24/h2-11,16H,12-15,17-18H2,1H3/p+1. The summed E-state index contributed by atoms with van der Waals surface area (Å²) in [6.45, 7) is 3.96. The van der Waals surface area contributed by atoms with Gasteiger partial charge in [-0.2, -0.15) is 9.78 Å². The first-order valence-electron chi connectivity index (χ1n) is 12.3. The number of hydrogen-bond donors (Lipinski definition) is 1. The van der Waals surface area contributed by atoms with Gasteiger partial charge in [0.1, 0.15) is 12.3 Å². The third-order valence-corrected chi connectivity index (χ3v) is 6.97. The van der Waals surface area contributed by atoms with E-state index in [2.05, 4.69) is 11.2 Å². The van der Waals surface area contributed by atoms with Crippen molar-refractivity contribution in [1.82, 2.24) is 14.7 Å². The predicted octanol–water partition coefficient (Wildman–Crippen LogP) is 1.66. The molecule has 1 fully saturated rings. The Morgan fingerprint density at radius 3 is 2.46 bits per heavy atom. The lowest BCUT2D eigenvalue weighted by atomic mass is 10.1. The van der Waals surface area contributed by atoms with Crippen LogP contribution in [0.1, 0.15) is 16.1 Å². The third-order valence-electron chi connectivity index (χ3n) is 6.97. The molecule has 6 rings (SSSR count). The minimum absolute atomic E-state index is 0.166. The van der Waals surface area contributed by atoms with Crippen molar-refractivity contribution < 1.29 is 23.9 Å². The van der Waals surface area contributed by atoms with Gasteiger partial charge in [-0.25, -0.2) is 0 Å². The molecule has 0 unspecified atom stereocenters. The van der Waals surface area contributed by atoms with Gasteiger partial charge in [0.2, 0.25) is 6.79 Å². The Morgan fingerprint density at radius 1 is 0.973 bits per heavy atom. The largest absolute Gasteiger partial charge is 0.497 e. The van der Waals surface area contributed by atoms with Crippen molar-refractivity contribution in [1.29, 1.82) is 0 Å². The average molecular weight is 500 g/mol. The lowest BCUT2D eigenvalue weighted by Crippen LogP contribution is -3.13. The molecule has 3 aromatic carbocycles. The number of carbonyl (C=O) groups excluding carboxylic acids is 1. The molecule has 37 heavy (non-hydrogen) atoms. The van der Waals surface area contributed by atoms with Crippen molar-refractivity contribution >= 4 is 16.7 Å². The van der Waals surface area contributed by atoms with Crippen LogP contribution < -0.4 is 24.7 Å². The zero-order valence-electron chi connectivity index (χ0n) is 20.5. The monoisotopic (exact) mass is 499 g/mol. The number of carbonyl (C=O) groups is 1. The normalized spacial score (nSPS) is 15.2. The number of piperazine rings is 1. The second kappa shape index (κ2) is 9.59. The number of nitrogens with zero attached hydrogens (tertiary/aromatic N) is 3. The van der Waals surface area contributed by atoms with E-state index in [9.17, 15) is 9.59 Å². The second-order valence-electron chi connectivity index (χ2n) is 9.22. The number of benzene rings is 3. The SMILES string of the molecule is COc1ccc(-n2nc(C(=O)N3CC[NH+](Cc4ccc5c(c4)OCO5)CC3)c3ccccc3c2=O)cc1. The topological polar surface area (TPSA) is 87.3 Å². The summed E-state index contributed by atoms with van der Waals surface area (Å²) < 4.78 is 17.4. The van der Waals surface area contributed by atoms with Gasteiger partial charge in [0.15, 0.2) is 17.2 Å². The molecule has 0 radical (unpaired) electrons. The predicted molar refractivity (Wildman–Crippen MR) is 137 cm³/mol. The molecule has 4 aromatic rings. The number of fused-ring (bicyclic) bond motifs is 2. The van der Waals surface area contributed by atoms with Gasteiger partial charge in [-0.3, -0.25) is 9.59 Å². The van der Waals surface area contributed by atoms with Crippen LogP contribution >= 0.6 is 0 Å². The maximum atomic E-state index is 13.7. The molecule has 9 nitrogen and oxygen atoms in total. The minimum Gasteiger partial charge on any atom is -0.497 e. The number of amides is 1. The highest BCUT2D eigenvalue weighted by molar-refractivity contribution is 6.04. The molecule has 0 aliphatic carbocycles. The van der Waals surface area contributed by atoms with E-state index < -0.39 is 0 Å². The van der Waals surface area contributed by atoms with Crippen molar-refractivity contribution in [3.8, 4) is 22.9 Å². The molecule has 0 saturated carbocycles. The van der Waals surface area contributed by atoms with Crippen LogP contribution in [-0.4, -0.2) is 60.7 Å². The van der Waals surface area contributed by atoms with Crippen LogP contribution in [0.5, 0.6) is 17.2 Å². The van der Waals surface area contributed by atoms with Gasteiger partial charge in [-0.1, -0.05) is 18.2 Å².